The normalized spacial score (nSPS) is 10.3. The minimum Gasteiger partial charge on any atom is -0.262 e. The van der Waals surface area contributed by atoms with E-state index < -0.39 is 10.1 Å². The molecular weight excluding hydrogens is 247 g/mol. The molecule has 0 aliphatic heterocycles. The first-order chi connectivity index (χ1) is 6.17. The Morgan fingerprint density at radius 1 is 1.29 bits per heavy atom. The van der Waals surface area contributed by atoms with Crippen LogP contribution in [0.4, 0.5) is 0 Å². The molecule has 1 aromatic carbocycles. The summed E-state index contributed by atoms with van der Waals surface area (Å²) in [5, 5.41) is 0. The molecule has 0 N–H and O–H groups in total. The number of hydrogen-bond donors (Lipinski definition) is 0. The summed E-state index contributed by atoms with van der Waals surface area (Å²) in [6.07, 6.45) is 1.39. The van der Waals surface area contributed by atoms with Crippen molar-refractivity contribution in [1.29, 1.82) is 0 Å². The van der Waals surface area contributed by atoms with Gasteiger partial charge in [0.2, 0.25) is 0 Å². The molecule has 0 bridgehead atoms. The molecule has 0 amide bonds. The second-order valence-corrected chi connectivity index (χ2v) is 3.96. The first-order valence-electron chi connectivity index (χ1n) is 3.72. The molecule has 14 heavy (non-hydrogen) atoms. The second-order valence-electron chi connectivity index (χ2n) is 2.34. The van der Waals surface area contributed by atoms with Gasteiger partial charge in [0.05, 0.1) is 11.5 Å². The van der Waals surface area contributed by atoms with Gasteiger partial charge in [-0.3, -0.25) is 4.18 Å². The van der Waals surface area contributed by atoms with Gasteiger partial charge in [-0.2, -0.15) is 8.42 Å². The Morgan fingerprint density at radius 3 is 2.36 bits per heavy atom. The Hall–Kier alpha value is -0.624. The fraction of sp³-hybridized carbons (Fsp3) is 0.111. The number of rotatable bonds is 4. The van der Waals surface area contributed by atoms with Gasteiger partial charge in [0.15, 0.2) is 0 Å². The van der Waals surface area contributed by atoms with Crippen molar-refractivity contribution < 1.29 is 29.4 Å². The smallest absolute Gasteiger partial charge is 0.262 e. The molecule has 0 fully saturated rings. The summed E-state index contributed by atoms with van der Waals surface area (Å²) in [5.74, 6) is 0. The van der Waals surface area contributed by atoms with Gasteiger partial charge in [0, 0.05) is 16.8 Å². The maximum atomic E-state index is 11.3. The fourth-order valence-electron chi connectivity index (χ4n) is 0.793. The topological polar surface area (TPSA) is 43.4 Å². The predicted molar refractivity (Wildman–Crippen MR) is 49.8 cm³/mol. The van der Waals surface area contributed by atoms with Crippen molar-refractivity contribution in [3.8, 4) is 0 Å². The van der Waals surface area contributed by atoms with Crippen LogP contribution in [0.15, 0.2) is 47.9 Å². The largest absolute Gasteiger partial charge is 0.297 e. The van der Waals surface area contributed by atoms with Crippen LogP contribution in [0, 0.1) is 0 Å². The maximum Gasteiger partial charge on any atom is 0.297 e. The van der Waals surface area contributed by atoms with Crippen molar-refractivity contribution in [2.75, 3.05) is 6.61 Å². The van der Waals surface area contributed by atoms with E-state index in [2.05, 4.69) is 10.8 Å². The van der Waals surface area contributed by atoms with Crippen LogP contribution in [0.25, 0.3) is 0 Å². The van der Waals surface area contributed by atoms with Crippen molar-refractivity contribution in [2.24, 2.45) is 0 Å². The Bertz CT molecular complexity index is 372. The summed E-state index contributed by atoms with van der Waals surface area (Å²) < 4.78 is 27.3. The van der Waals surface area contributed by atoms with E-state index in [1.54, 1.807) is 18.2 Å². The molecule has 1 radical (unpaired) electrons. The van der Waals surface area contributed by atoms with Gasteiger partial charge >= 0.3 is 0 Å². The third-order valence-corrected chi connectivity index (χ3v) is 2.67. The van der Waals surface area contributed by atoms with E-state index in [-0.39, 0.29) is 28.3 Å². The summed E-state index contributed by atoms with van der Waals surface area (Å²) in [4.78, 5) is 0.164. The zero-order valence-electron chi connectivity index (χ0n) is 7.34. The van der Waals surface area contributed by atoms with Crippen LogP contribution in [0.5, 0.6) is 0 Å². The Morgan fingerprint density at radius 2 is 1.86 bits per heavy atom. The van der Waals surface area contributed by atoms with Gasteiger partial charge in [0.25, 0.3) is 10.1 Å². The van der Waals surface area contributed by atoms with Crippen molar-refractivity contribution in [3.05, 3.63) is 43.0 Å². The second kappa shape index (κ2) is 5.97. The number of hydrogen-bond acceptors (Lipinski definition) is 3. The molecule has 0 saturated carbocycles. The molecule has 1 rings (SSSR count). The molecule has 5 heteroatoms. The van der Waals surface area contributed by atoms with Gasteiger partial charge in [-0.15, -0.1) is 6.58 Å². The Kier molecular flexibility index (Phi) is 5.71. The van der Waals surface area contributed by atoms with Gasteiger partial charge in [0.1, 0.15) is 0 Å². The average Bonchev–Trinajstić information content (AvgIpc) is 2.16. The SMILES string of the molecule is C=CCOS(=O)(=O)c1ccccc1.[Co]. The standard InChI is InChI=1S/C9H10O3S.Co/c1-2-8-12-13(10,11)9-6-4-3-5-7-9;/h2-7H,1,8H2;. The van der Waals surface area contributed by atoms with E-state index in [4.69, 9.17) is 0 Å². The van der Waals surface area contributed by atoms with Crippen molar-refractivity contribution in [3.63, 3.8) is 0 Å². The van der Waals surface area contributed by atoms with Crippen LogP contribution in [-0.2, 0) is 31.1 Å². The van der Waals surface area contributed by atoms with E-state index in [1.807, 2.05) is 0 Å². The fourth-order valence-corrected chi connectivity index (χ4v) is 1.69. The summed E-state index contributed by atoms with van der Waals surface area (Å²) in [5.41, 5.74) is 0. The molecular formula is C9H10CoO3S. The zero-order chi connectivity index (χ0) is 9.73. The first kappa shape index (κ1) is 13.4. The minimum atomic E-state index is -3.59. The van der Waals surface area contributed by atoms with Gasteiger partial charge < -0.3 is 0 Å². The molecule has 3 nitrogen and oxygen atoms in total. The zero-order valence-corrected chi connectivity index (χ0v) is 9.20. The third kappa shape index (κ3) is 3.63. The van der Waals surface area contributed by atoms with Crippen molar-refractivity contribution >= 4 is 10.1 Å². The van der Waals surface area contributed by atoms with E-state index >= 15 is 0 Å². The minimum absolute atomic E-state index is 0. The van der Waals surface area contributed by atoms with Crippen molar-refractivity contribution in [1.82, 2.24) is 0 Å². The summed E-state index contributed by atoms with van der Waals surface area (Å²) in [7, 11) is -3.59. The average molecular weight is 257 g/mol. The molecule has 0 aliphatic carbocycles. The first-order valence-corrected chi connectivity index (χ1v) is 5.13. The van der Waals surface area contributed by atoms with Gasteiger partial charge in [-0.1, -0.05) is 24.3 Å². The van der Waals surface area contributed by atoms with Crippen LogP contribution >= 0.6 is 0 Å². The molecule has 0 aromatic heterocycles. The molecule has 0 unspecified atom stereocenters. The van der Waals surface area contributed by atoms with E-state index in [9.17, 15) is 8.42 Å². The molecule has 0 aliphatic rings. The summed E-state index contributed by atoms with van der Waals surface area (Å²) in [6, 6.07) is 8.00. The summed E-state index contributed by atoms with van der Waals surface area (Å²) in [6.45, 7) is 3.37. The van der Waals surface area contributed by atoms with Crippen LogP contribution in [0.1, 0.15) is 0 Å². The monoisotopic (exact) mass is 257 g/mol. The molecule has 0 atom stereocenters. The summed E-state index contributed by atoms with van der Waals surface area (Å²) >= 11 is 0. The van der Waals surface area contributed by atoms with Gasteiger partial charge in [-0.05, 0) is 12.1 Å². The molecule has 1 aromatic rings. The van der Waals surface area contributed by atoms with Crippen LogP contribution < -0.4 is 0 Å². The van der Waals surface area contributed by atoms with Gasteiger partial charge in [-0.25, -0.2) is 0 Å². The molecule has 0 heterocycles. The van der Waals surface area contributed by atoms with E-state index in [1.165, 1.54) is 18.2 Å². The predicted octanol–water partition coefficient (Wildman–Crippen LogP) is 1.58. The van der Waals surface area contributed by atoms with Crippen LogP contribution in [0.2, 0.25) is 0 Å². The quantitative estimate of drug-likeness (QED) is 0.607. The molecule has 79 valence electrons. The van der Waals surface area contributed by atoms with E-state index in [0.29, 0.717) is 0 Å². The maximum absolute atomic E-state index is 11.3. The van der Waals surface area contributed by atoms with Crippen LogP contribution in [0.3, 0.4) is 0 Å². The number of benzene rings is 1. The molecule has 0 saturated heterocycles. The Labute approximate surface area is 94.1 Å². The molecule has 0 spiro atoms. The Balaban J connectivity index is 0.00000169. The third-order valence-electron chi connectivity index (χ3n) is 1.37. The van der Waals surface area contributed by atoms with E-state index in [0.717, 1.165) is 0 Å². The van der Waals surface area contributed by atoms with Crippen molar-refractivity contribution in [2.45, 2.75) is 4.90 Å². The van der Waals surface area contributed by atoms with Crippen LogP contribution in [-0.4, -0.2) is 15.0 Å².